The van der Waals surface area contributed by atoms with Crippen LogP contribution in [-0.4, -0.2) is 30.5 Å². The number of ether oxygens (including phenoxy) is 1. The van der Waals surface area contributed by atoms with Gasteiger partial charge in [0.25, 0.3) is 5.91 Å². The van der Waals surface area contributed by atoms with Crippen molar-refractivity contribution in [1.29, 1.82) is 0 Å². The van der Waals surface area contributed by atoms with Crippen LogP contribution in [-0.2, 0) is 14.4 Å². The number of nitrogens with zero attached hydrogens (tertiary/aromatic N) is 1. The lowest BCUT2D eigenvalue weighted by Crippen LogP contribution is -2.32. The number of amides is 3. The number of carbonyl (C=O) groups excluding carboxylic acids is 3. The van der Waals surface area contributed by atoms with Crippen molar-refractivity contribution in [2.75, 3.05) is 17.2 Å². The van der Waals surface area contributed by atoms with E-state index in [0.717, 1.165) is 5.56 Å². The zero-order valence-corrected chi connectivity index (χ0v) is 18.4. The quantitative estimate of drug-likeness (QED) is 0.281. The molecule has 3 amide bonds. The zero-order chi connectivity index (χ0) is 23.6. The van der Waals surface area contributed by atoms with Gasteiger partial charge in [0, 0.05) is 5.69 Å². The first-order chi connectivity index (χ1) is 15.9. The van der Waals surface area contributed by atoms with Crippen LogP contribution in [0.1, 0.15) is 11.1 Å². The van der Waals surface area contributed by atoms with E-state index in [0.29, 0.717) is 27.7 Å². The number of aryl methyl sites for hydroxylation is 1. The maximum Gasteiger partial charge on any atom is 0.329 e. The highest BCUT2D eigenvalue weighted by atomic mass is 35.5. The van der Waals surface area contributed by atoms with Gasteiger partial charge in [-0.05, 0) is 61.0 Å². The van der Waals surface area contributed by atoms with E-state index < -0.39 is 11.8 Å². The Kier molecular flexibility index (Phi) is 8.15. The molecule has 0 atom stereocenters. The molecule has 0 saturated heterocycles. The van der Waals surface area contributed by atoms with Gasteiger partial charge in [-0.15, -0.1) is 0 Å². The van der Waals surface area contributed by atoms with Crippen molar-refractivity contribution in [1.82, 2.24) is 5.43 Å². The number of carbonyl (C=O) groups is 3. The number of benzene rings is 3. The number of hydrazone groups is 1. The molecular weight excluding hydrogens is 444 g/mol. The SMILES string of the molecule is Cc1ccc(NC(=O)C(=O)N/N=C\c2ccc(OCC(=O)Nc3ccccc3Cl)cc2)cc1. The fourth-order valence-corrected chi connectivity index (χ4v) is 2.77. The van der Waals surface area contributed by atoms with E-state index in [1.165, 1.54) is 6.21 Å². The maximum absolute atomic E-state index is 12.0. The van der Waals surface area contributed by atoms with E-state index in [1.54, 1.807) is 60.7 Å². The number of anilines is 2. The number of hydrogen-bond acceptors (Lipinski definition) is 5. The molecule has 0 aliphatic carbocycles. The van der Waals surface area contributed by atoms with Crippen LogP contribution in [0.2, 0.25) is 5.02 Å². The Labute approximate surface area is 195 Å². The number of hydrogen-bond donors (Lipinski definition) is 3. The van der Waals surface area contributed by atoms with Crippen LogP contribution in [0.5, 0.6) is 5.75 Å². The van der Waals surface area contributed by atoms with Crippen LogP contribution in [0.15, 0.2) is 77.9 Å². The second-order valence-electron chi connectivity index (χ2n) is 6.91. The molecule has 3 rings (SSSR count). The first kappa shape index (κ1) is 23.5. The van der Waals surface area contributed by atoms with Gasteiger partial charge in [0.05, 0.1) is 16.9 Å². The van der Waals surface area contributed by atoms with Crippen LogP contribution in [0.25, 0.3) is 0 Å². The predicted molar refractivity (Wildman–Crippen MR) is 128 cm³/mol. The Balaban J connectivity index is 1.43. The fraction of sp³-hybridized carbons (Fsp3) is 0.0833. The number of rotatable bonds is 7. The summed E-state index contributed by atoms with van der Waals surface area (Å²) in [5, 5.41) is 9.37. The van der Waals surface area contributed by atoms with Gasteiger partial charge in [0.2, 0.25) is 0 Å². The lowest BCUT2D eigenvalue weighted by molar-refractivity contribution is -0.136. The van der Waals surface area contributed by atoms with Crippen molar-refractivity contribution < 1.29 is 19.1 Å². The third-order valence-corrected chi connectivity index (χ3v) is 4.62. The minimum Gasteiger partial charge on any atom is -0.484 e. The number of halogens is 1. The van der Waals surface area contributed by atoms with Gasteiger partial charge in [0.15, 0.2) is 6.61 Å². The molecule has 0 spiro atoms. The molecule has 0 aliphatic heterocycles. The highest BCUT2D eigenvalue weighted by Gasteiger charge is 2.12. The summed E-state index contributed by atoms with van der Waals surface area (Å²) < 4.78 is 5.45. The molecular formula is C24H21ClN4O4. The van der Waals surface area contributed by atoms with Crippen molar-refractivity contribution >= 4 is 46.9 Å². The van der Waals surface area contributed by atoms with E-state index in [9.17, 15) is 14.4 Å². The van der Waals surface area contributed by atoms with Gasteiger partial charge < -0.3 is 15.4 Å². The molecule has 0 fully saturated rings. The molecule has 3 aromatic carbocycles. The maximum atomic E-state index is 12.0. The highest BCUT2D eigenvalue weighted by molar-refractivity contribution is 6.39. The molecule has 0 saturated carbocycles. The summed E-state index contributed by atoms with van der Waals surface area (Å²) >= 11 is 6.01. The predicted octanol–water partition coefficient (Wildman–Crippen LogP) is 3.75. The van der Waals surface area contributed by atoms with Crippen molar-refractivity contribution in [3.05, 3.63) is 88.9 Å². The molecule has 3 aromatic rings. The van der Waals surface area contributed by atoms with E-state index in [2.05, 4.69) is 21.2 Å². The molecule has 0 aromatic heterocycles. The van der Waals surface area contributed by atoms with Crippen molar-refractivity contribution in [3.8, 4) is 5.75 Å². The third kappa shape index (κ3) is 7.48. The van der Waals surface area contributed by atoms with Gasteiger partial charge in [-0.3, -0.25) is 14.4 Å². The molecule has 0 aliphatic rings. The minimum atomic E-state index is -0.892. The molecule has 0 heterocycles. The molecule has 33 heavy (non-hydrogen) atoms. The molecule has 0 radical (unpaired) electrons. The lowest BCUT2D eigenvalue weighted by atomic mass is 10.2. The van der Waals surface area contributed by atoms with Crippen LogP contribution >= 0.6 is 11.6 Å². The summed E-state index contributed by atoms with van der Waals surface area (Å²) in [6.07, 6.45) is 1.38. The molecule has 9 heteroatoms. The largest absolute Gasteiger partial charge is 0.484 e. The Bertz CT molecular complexity index is 1160. The van der Waals surface area contributed by atoms with Crippen molar-refractivity contribution in [2.45, 2.75) is 6.92 Å². The second kappa shape index (κ2) is 11.4. The summed E-state index contributed by atoms with van der Waals surface area (Å²) in [5.74, 6) is -1.59. The molecule has 0 unspecified atom stereocenters. The normalized spacial score (nSPS) is 10.5. The van der Waals surface area contributed by atoms with E-state index in [4.69, 9.17) is 16.3 Å². The first-order valence-electron chi connectivity index (χ1n) is 9.89. The van der Waals surface area contributed by atoms with E-state index in [-0.39, 0.29) is 12.5 Å². The van der Waals surface area contributed by atoms with Crippen molar-refractivity contribution in [3.63, 3.8) is 0 Å². The monoisotopic (exact) mass is 464 g/mol. The minimum absolute atomic E-state index is 0.190. The topological polar surface area (TPSA) is 109 Å². The van der Waals surface area contributed by atoms with Crippen molar-refractivity contribution in [2.24, 2.45) is 5.10 Å². The first-order valence-corrected chi connectivity index (χ1v) is 10.3. The summed E-state index contributed by atoms with van der Waals surface area (Å²) in [4.78, 5) is 35.8. The smallest absolute Gasteiger partial charge is 0.329 e. The Morgan fingerprint density at radius 3 is 2.30 bits per heavy atom. The average molecular weight is 465 g/mol. The second-order valence-corrected chi connectivity index (χ2v) is 7.31. The van der Waals surface area contributed by atoms with Gasteiger partial charge in [-0.25, -0.2) is 5.43 Å². The molecule has 8 nitrogen and oxygen atoms in total. The molecule has 3 N–H and O–H groups in total. The molecule has 168 valence electrons. The average Bonchev–Trinajstić information content (AvgIpc) is 2.81. The van der Waals surface area contributed by atoms with Crippen LogP contribution in [0, 0.1) is 6.92 Å². The summed E-state index contributed by atoms with van der Waals surface area (Å²) in [7, 11) is 0. The van der Waals surface area contributed by atoms with E-state index in [1.807, 2.05) is 19.1 Å². The summed E-state index contributed by atoms with van der Waals surface area (Å²) in [6, 6.07) is 20.6. The summed E-state index contributed by atoms with van der Waals surface area (Å²) in [6.45, 7) is 1.73. The van der Waals surface area contributed by atoms with Gasteiger partial charge in [-0.1, -0.05) is 41.4 Å². The van der Waals surface area contributed by atoms with Gasteiger partial charge in [-0.2, -0.15) is 5.10 Å². The van der Waals surface area contributed by atoms with Gasteiger partial charge in [0.1, 0.15) is 5.75 Å². The number of nitrogens with one attached hydrogen (secondary N) is 3. The highest BCUT2D eigenvalue weighted by Crippen LogP contribution is 2.20. The third-order valence-electron chi connectivity index (χ3n) is 4.29. The lowest BCUT2D eigenvalue weighted by Gasteiger charge is -2.08. The Morgan fingerprint density at radius 1 is 0.909 bits per heavy atom. The Morgan fingerprint density at radius 2 is 1.61 bits per heavy atom. The number of para-hydroxylation sites is 1. The van der Waals surface area contributed by atoms with E-state index >= 15 is 0 Å². The van der Waals surface area contributed by atoms with Crippen LogP contribution < -0.4 is 20.8 Å². The zero-order valence-electron chi connectivity index (χ0n) is 17.7. The van der Waals surface area contributed by atoms with Crippen LogP contribution in [0.3, 0.4) is 0 Å². The Hall–Kier alpha value is -4.17. The van der Waals surface area contributed by atoms with Gasteiger partial charge >= 0.3 is 11.8 Å². The van der Waals surface area contributed by atoms with Crippen LogP contribution in [0.4, 0.5) is 11.4 Å². The fourth-order valence-electron chi connectivity index (χ4n) is 2.59. The standard InChI is InChI=1S/C24H21ClN4O4/c1-16-6-10-18(11-7-16)27-23(31)24(32)29-26-14-17-8-12-19(13-9-17)33-15-22(30)28-21-5-3-2-4-20(21)25/h2-14H,15H2,1H3,(H,27,31)(H,28,30)(H,29,32)/b26-14-. The molecule has 0 bridgehead atoms. The summed E-state index contributed by atoms with van der Waals surface area (Å²) in [5.41, 5.74) is 4.89.